The molecule has 1 aliphatic rings. The predicted molar refractivity (Wildman–Crippen MR) is 81.7 cm³/mol. The maximum Gasteiger partial charge on any atom is 0.234 e. The summed E-state index contributed by atoms with van der Waals surface area (Å²) in [5.41, 5.74) is 0.722. The number of nitrogens with one attached hydrogen (secondary N) is 1. The molecular formula is C16H25N3O. The molecular weight excluding hydrogens is 250 g/mol. The molecule has 0 spiro atoms. The number of aromatic nitrogens is 1. The molecule has 2 rings (SSSR count). The first-order valence-electron chi connectivity index (χ1n) is 7.66. The highest BCUT2D eigenvalue weighted by atomic mass is 16.2. The van der Waals surface area contributed by atoms with Crippen LogP contribution in [0.3, 0.4) is 0 Å². The van der Waals surface area contributed by atoms with Gasteiger partial charge in [0.25, 0.3) is 0 Å². The summed E-state index contributed by atoms with van der Waals surface area (Å²) in [6, 6.07) is 3.83. The SMILES string of the molecule is CCCC1(C(=O)N(CC)c2ccncc2)CCCNC1. The number of hydrogen-bond acceptors (Lipinski definition) is 3. The number of rotatable bonds is 5. The van der Waals surface area contributed by atoms with Gasteiger partial charge in [-0.3, -0.25) is 9.78 Å². The Hall–Kier alpha value is -1.42. The Labute approximate surface area is 121 Å². The van der Waals surface area contributed by atoms with Gasteiger partial charge in [-0.15, -0.1) is 0 Å². The lowest BCUT2D eigenvalue weighted by Gasteiger charge is -2.40. The summed E-state index contributed by atoms with van der Waals surface area (Å²) in [5.74, 6) is 0.264. The first-order chi connectivity index (χ1) is 9.73. The number of nitrogens with zero attached hydrogens (tertiary/aromatic N) is 2. The van der Waals surface area contributed by atoms with Crippen molar-refractivity contribution in [2.75, 3.05) is 24.5 Å². The van der Waals surface area contributed by atoms with Crippen LogP contribution in [0, 0.1) is 5.41 Å². The van der Waals surface area contributed by atoms with Crippen molar-refractivity contribution >= 4 is 11.6 Å². The Morgan fingerprint density at radius 2 is 2.15 bits per heavy atom. The quantitative estimate of drug-likeness (QED) is 0.898. The number of hydrogen-bond donors (Lipinski definition) is 1. The van der Waals surface area contributed by atoms with E-state index < -0.39 is 0 Å². The van der Waals surface area contributed by atoms with Crippen LogP contribution in [0.5, 0.6) is 0 Å². The minimum atomic E-state index is -0.230. The first-order valence-corrected chi connectivity index (χ1v) is 7.66. The molecule has 0 bridgehead atoms. The Morgan fingerprint density at radius 1 is 1.40 bits per heavy atom. The summed E-state index contributed by atoms with van der Waals surface area (Å²) in [6.07, 6.45) is 7.57. The Kier molecular flexibility index (Phi) is 5.12. The van der Waals surface area contributed by atoms with Crippen LogP contribution in [0.25, 0.3) is 0 Å². The van der Waals surface area contributed by atoms with Crippen LogP contribution in [0.2, 0.25) is 0 Å². The van der Waals surface area contributed by atoms with Crippen LogP contribution in [0.4, 0.5) is 5.69 Å². The van der Waals surface area contributed by atoms with Gasteiger partial charge in [-0.1, -0.05) is 13.3 Å². The highest BCUT2D eigenvalue weighted by Gasteiger charge is 2.41. The Balaban J connectivity index is 2.25. The van der Waals surface area contributed by atoms with Gasteiger partial charge in [-0.2, -0.15) is 0 Å². The normalized spacial score (nSPS) is 22.5. The highest BCUT2D eigenvalue weighted by Crippen LogP contribution is 2.35. The van der Waals surface area contributed by atoms with Crippen molar-refractivity contribution in [3.8, 4) is 0 Å². The molecule has 4 nitrogen and oxygen atoms in total. The zero-order chi connectivity index (χ0) is 14.4. The summed E-state index contributed by atoms with van der Waals surface area (Å²) in [7, 11) is 0. The summed E-state index contributed by atoms with van der Waals surface area (Å²) < 4.78 is 0. The molecule has 0 saturated carbocycles. The van der Waals surface area contributed by atoms with Gasteiger partial charge in [-0.05, 0) is 44.9 Å². The molecule has 1 aromatic rings. The molecule has 110 valence electrons. The third-order valence-electron chi connectivity index (χ3n) is 4.19. The van der Waals surface area contributed by atoms with Gasteiger partial charge in [0.2, 0.25) is 5.91 Å². The molecule has 1 aliphatic heterocycles. The first kappa shape index (κ1) is 15.0. The summed E-state index contributed by atoms with van der Waals surface area (Å²) in [6.45, 7) is 6.73. The van der Waals surface area contributed by atoms with Crippen molar-refractivity contribution in [3.63, 3.8) is 0 Å². The average Bonchev–Trinajstić information content (AvgIpc) is 2.50. The minimum absolute atomic E-state index is 0.230. The van der Waals surface area contributed by atoms with Crippen LogP contribution >= 0.6 is 0 Å². The fraction of sp³-hybridized carbons (Fsp3) is 0.625. The Morgan fingerprint density at radius 3 is 2.70 bits per heavy atom. The molecule has 1 aromatic heterocycles. The topological polar surface area (TPSA) is 45.2 Å². The van der Waals surface area contributed by atoms with E-state index in [4.69, 9.17) is 0 Å². The fourth-order valence-corrected chi connectivity index (χ4v) is 3.20. The lowest BCUT2D eigenvalue weighted by atomic mass is 9.75. The second-order valence-electron chi connectivity index (χ2n) is 5.57. The molecule has 1 fully saturated rings. The average molecular weight is 275 g/mol. The molecule has 0 aliphatic carbocycles. The maximum absolute atomic E-state index is 13.1. The van der Waals surface area contributed by atoms with Gasteiger partial charge in [-0.25, -0.2) is 0 Å². The van der Waals surface area contributed by atoms with Crippen LogP contribution in [-0.2, 0) is 4.79 Å². The standard InChI is InChI=1S/C16H25N3O/c1-3-8-16(9-5-10-18-13-16)15(20)19(4-2)14-6-11-17-12-7-14/h6-7,11-12,18H,3-5,8-10,13H2,1-2H3. The molecule has 0 radical (unpaired) electrons. The molecule has 0 aromatic carbocycles. The number of carbonyl (C=O) groups is 1. The van der Waals surface area contributed by atoms with E-state index in [-0.39, 0.29) is 11.3 Å². The number of anilines is 1. The van der Waals surface area contributed by atoms with Crippen LogP contribution < -0.4 is 10.2 Å². The van der Waals surface area contributed by atoms with E-state index >= 15 is 0 Å². The number of amides is 1. The van der Waals surface area contributed by atoms with Gasteiger partial charge in [0.05, 0.1) is 5.41 Å². The van der Waals surface area contributed by atoms with Crippen molar-refractivity contribution in [3.05, 3.63) is 24.5 Å². The van der Waals surface area contributed by atoms with Crippen molar-refractivity contribution < 1.29 is 4.79 Å². The fourth-order valence-electron chi connectivity index (χ4n) is 3.20. The second-order valence-corrected chi connectivity index (χ2v) is 5.57. The van der Waals surface area contributed by atoms with E-state index in [1.165, 1.54) is 0 Å². The maximum atomic E-state index is 13.1. The number of pyridine rings is 1. The van der Waals surface area contributed by atoms with E-state index in [0.717, 1.165) is 44.5 Å². The third kappa shape index (κ3) is 3.01. The minimum Gasteiger partial charge on any atom is -0.316 e. The smallest absolute Gasteiger partial charge is 0.234 e. The Bertz CT molecular complexity index is 421. The monoisotopic (exact) mass is 275 g/mol. The summed E-state index contributed by atoms with van der Waals surface area (Å²) in [5, 5.41) is 3.41. The van der Waals surface area contributed by atoms with Crippen LogP contribution in [-0.4, -0.2) is 30.5 Å². The highest BCUT2D eigenvalue weighted by molar-refractivity contribution is 5.97. The zero-order valence-corrected chi connectivity index (χ0v) is 12.6. The molecule has 2 heterocycles. The van der Waals surface area contributed by atoms with E-state index in [1.807, 2.05) is 24.0 Å². The number of piperidine rings is 1. The zero-order valence-electron chi connectivity index (χ0n) is 12.6. The van der Waals surface area contributed by atoms with Gasteiger partial charge in [0.15, 0.2) is 0 Å². The van der Waals surface area contributed by atoms with E-state index in [2.05, 4.69) is 17.2 Å². The third-order valence-corrected chi connectivity index (χ3v) is 4.19. The summed E-state index contributed by atoms with van der Waals surface area (Å²) >= 11 is 0. The largest absolute Gasteiger partial charge is 0.316 e. The van der Waals surface area contributed by atoms with Crippen molar-refractivity contribution in [2.45, 2.75) is 39.5 Å². The molecule has 4 heteroatoms. The van der Waals surface area contributed by atoms with Gasteiger partial charge < -0.3 is 10.2 Å². The van der Waals surface area contributed by atoms with Gasteiger partial charge in [0, 0.05) is 31.2 Å². The van der Waals surface area contributed by atoms with E-state index in [1.54, 1.807) is 12.4 Å². The van der Waals surface area contributed by atoms with Crippen molar-refractivity contribution in [1.29, 1.82) is 0 Å². The lowest BCUT2D eigenvalue weighted by Crippen LogP contribution is -2.52. The molecule has 1 atom stereocenters. The molecule has 20 heavy (non-hydrogen) atoms. The predicted octanol–water partition coefficient (Wildman–Crippen LogP) is 2.60. The lowest BCUT2D eigenvalue weighted by molar-refractivity contribution is -0.129. The molecule has 1 amide bonds. The van der Waals surface area contributed by atoms with Crippen LogP contribution in [0.1, 0.15) is 39.5 Å². The van der Waals surface area contributed by atoms with Crippen LogP contribution in [0.15, 0.2) is 24.5 Å². The summed E-state index contributed by atoms with van der Waals surface area (Å²) in [4.78, 5) is 19.1. The van der Waals surface area contributed by atoms with Crippen molar-refractivity contribution in [2.24, 2.45) is 5.41 Å². The van der Waals surface area contributed by atoms with Gasteiger partial charge in [0.1, 0.15) is 0 Å². The number of carbonyl (C=O) groups excluding carboxylic acids is 1. The second kappa shape index (κ2) is 6.84. The molecule has 1 saturated heterocycles. The molecule has 1 N–H and O–H groups in total. The molecule has 1 unspecified atom stereocenters. The van der Waals surface area contributed by atoms with Crippen molar-refractivity contribution in [1.82, 2.24) is 10.3 Å². The van der Waals surface area contributed by atoms with E-state index in [9.17, 15) is 4.79 Å². The van der Waals surface area contributed by atoms with Gasteiger partial charge >= 0.3 is 0 Å². The van der Waals surface area contributed by atoms with E-state index in [0.29, 0.717) is 6.54 Å².